The minimum Gasteiger partial charge on any atom is -0.313 e. The highest BCUT2D eigenvalue weighted by Gasteiger charge is 2.06. The number of nitriles is 1. The largest absolute Gasteiger partial charge is 0.313 e. The molecule has 0 saturated carbocycles. The van der Waals surface area contributed by atoms with Gasteiger partial charge in [0.1, 0.15) is 5.82 Å². The molecule has 0 fully saturated rings. The lowest BCUT2D eigenvalue weighted by molar-refractivity contribution is 0.628. The van der Waals surface area contributed by atoms with Crippen LogP contribution in [0.3, 0.4) is 0 Å². The molecule has 0 aromatic heterocycles. The number of hydrogen-bond donors (Lipinski definition) is 1. The van der Waals surface area contributed by atoms with E-state index >= 15 is 0 Å². The fourth-order valence-electron chi connectivity index (χ4n) is 2.24. The van der Waals surface area contributed by atoms with Crippen molar-refractivity contribution in [3.8, 4) is 17.2 Å². The lowest BCUT2D eigenvalue weighted by Crippen LogP contribution is -2.11. The van der Waals surface area contributed by atoms with Gasteiger partial charge in [-0.05, 0) is 53.9 Å². The SMILES string of the molecule is CCNCc1ccc(-c2cc(F)cc(C#N)c2)c(C)c1. The van der Waals surface area contributed by atoms with Crippen LogP contribution in [-0.4, -0.2) is 6.54 Å². The maximum absolute atomic E-state index is 13.5. The number of hydrogen-bond acceptors (Lipinski definition) is 2. The van der Waals surface area contributed by atoms with Gasteiger partial charge in [-0.1, -0.05) is 25.1 Å². The summed E-state index contributed by atoms with van der Waals surface area (Å²) in [6, 6.07) is 12.5. The average Bonchev–Trinajstić information content (AvgIpc) is 2.44. The summed E-state index contributed by atoms with van der Waals surface area (Å²) in [4.78, 5) is 0. The van der Waals surface area contributed by atoms with Gasteiger partial charge >= 0.3 is 0 Å². The van der Waals surface area contributed by atoms with Crippen LogP contribution in [0.1, 0.15) is 23.6 Å². The fourth-order valence-corrected chi connectivity index (χ4v) is 2.24. The average molecular weight is 268 g/mol. The van der Waals surface area contributed by atoms with Gasteiger partial charge in [0.05, 0.1) is 11.6 Å². The molecule has 3 heteroatoms. The molecule has 0 unspecified atom stereocenters. The summed E-state index contributed by atoms with van der Waals surface area (Å²) in [6.07, 6.45) is 0. The molecule has 0 bridgehead atoms. The van der Waals surface area contributed by atoms with Crippen molar-refractivity contribution >= 4 is 0 Å². The van der Waals surface area contributed by atoms with Crippen LogP contribution in [0.2, 0.25) is 0 Å². The van der Waals surface area contributed by atoms with Gasteiger partial charge in [0.15, 0.2) is 0 Å². The molecular weight excluding hydrogens is 251 g/mol. The maximum atomic E-state index is 13.5. The number of nitrogens with zero attached hydrogens (tertiary/aromatic N) is 1. The summed E-state index contributed by atoms with van der Waals surface area (Å²) < 4.78 is 13.5. The third-order valence-corrected chi connectivity index (χ3v) is 3.21. The lowest BCUT2D eigenvalue weighted by Gasteiger charge is -2.10. The molecule has 0 spiro atoms. The molecule has 0 aliphatic rings. The molecule has 2 rings (SSSR count). The zero-order valence-corrected chi connectivity index (χ0v) is 11.7. The summed E-state index contributed by atoms with van der Waals surface area (Å²) in [5, 5.41) is 12.2. The van der Waals surface area contributed by atoms with E-state index in [-0.39, 0.29) is 5.82 Å². The van der Waals surface area contributed by atoms with Crippen molar-refractivity contribution in [3.63, 3.8) is 0 Å². The quantitative estimate of drug-likeness (QED) is 0.916. The molecule has 0 heterocycles. The minimum atomic E-state index is -0.379. The molecule has 20 heavy (non-hydrogen) atoms. The predicted octanol–water partition coefficient (Wildman–Crippen LogP) is 3.78. The van der Waals surface area contributed by atoms with Crippen molar-refractivity contribution in [1.82, 2.24) is 5.32 Å². The normalized spacial score (nSPS) is 10.3. The van der Waals surface area contributed by atoms with Gasteiger partial charge in [0.2, 0.25) is 0 Å². The first-order valence-corrected chi connectivity index (χ1v) is 6.65. The van der Waals surface area contributed by atoms with Gasteiger partial charge in [-0.15, -0.1) is 0 Å². The Balaban J connectivity index is 2.38. The zero-order chi connectivity index (χ0) is 14.5. The Morgan fingerprint density at radius 3 is 2.65 bits per heavy atom. The molecule has 0 atom stereocenters. The predicted molar refractivity (Wildman–Crippen MR) is 78.7 cm³/mol. The Morgan fingerprint density at radius 2 is 2.00 bits per heavy atom. The molecule has 0 aliphatic carbocycles. The third kappa shape index (κ3) is 3.23. The number of halogens is 1. The maximum Gasteiger partial charge on any atom is 0.125 e. The Bertz CT molecular complexity index is 657. The monoisotopic (exact) mass is 268 g/mol. The zero-order valence-electron chi connectivity index (χ0n) is 11.7. The molecule has 2 nitrogen and oxygen atoms in total. The highest BCUT2D eigenvalue weighted by molar-refractivity contribution is 5.69. The van der Waals surface area contributed by atoms with Crippen LogP contribution in [-0.2, 0) is 6.54 Å². The van der Waals surface area contributed by atoms with E-state index in [2.05, 4.69) is 18.3 Å². The van der Waals surface area contributed by atoms with Gasteiger partial charge in [-0.25, -0.2) is 4.39 Å². The van der Waals surface area contributed by atoms with Crippen LogP contribution in [0.5, 0.6) is 0 Å². The Kier molecular flexibility index (Phi) is 4.49. The van der Waals surface area contributed by atoms with Crippen LogP contribution in [0, 0.1) is 24.1 Å². The van der Waals surface area contributed by atoms with E-state index < -0.39 is 0 Å². The van der Waals surface area contributed by atoms with Gasteiger partial charge in [-0.2, -0.15) is 5.26 Å². The van der Waals surface area contributed by atoms with Gasteiger partial charge in [0, 0.05) is 6.54 Å². The van der Waals surface area contributed by atoms with Gasteiger partial charge < -0.3 is 5.32 Å². The number of rotatable bonds is 4. The van der Waals surface area contributed by atoms with Crippen molar-refractivity contribution in [2.75, 3.05) is 6.54 Å². The molecule has 0 aliphatic heterocycles. The fraction of sp³-hybridized carbons (Fsp3) is 0.235. The van der Waals surface area contributed by atoms with Crippen molar-refractivity contribution in [2.45, 2.75) is 20.4 Å². The van der Waals surface area contributed by atoms with E-state index in [0.29, 0.717) is 5.56 Å². The smallest absolute Gasteiger partial charge is 0.125 e. The molecular formula is C17H17FN2. The van der Waals surface area contributed by atoms with Gasteiger partial charge in [-0.3, -0.25) is 0 Å². The van der Waals surface area contributed by atoms with Crippen LogP contribution in [0.4, 0.5) is 4.39 Å². The molecule has 2 aromatic carbocycles. The number of aryl methyl sites for hydroxylation is 1. The van der Waals surface area contributed by atoms with Crippen molar-refractivity contribution < 1.29 is 4.39 Å². The molecule has 102 valence electrons. The van der Waals surface area contributed by atoms with E-state index in [9.17, 15) is 4.39 Å². The van der Waals surface area contributed by atoms with Crippen LogP contribution >= 0.6 is 0 Å². The number of nitrogens with one attached hydrogen (secondary N) is 1. The highest BCUT2D eigenvalue weighted by Crippen LogP contribution is 2.26. The first-order chi connectivity index (χ1) is 9.63. The summed E-state index contributed by atoms with van der Waals surface area (Å²) in [7, 11) is 0. The van der Waals surface area contributed by atoms with Crippen LogP contribution in [0.25, 0.3) is 11.1 Å². The summed E-state index contributed by atoms with van der Waals surface area (Å²) in [6.45, 7) is 5.82. The lowest BCUT2D eigenvalue weighted by atomic mass is 9.97. The van der Waals surface area contributed by atoms with E-state index in [1.165, 1.54) is 17.7 Å². The second kappa shape index (κ2) is 6.31. The Hall–Kier alpha value is -2.18. The van der Waals surface area contributed by atoms with E-state index in [4.69, 9.17) is 5.26 Å². The molecule has 2 aromatic rings. The second-order valence-electron chi connectivity index (χ2n) is 4.77. The van der Waals surface area contributed by atoms with E-state index in [1.807, 2.05) is 25.1 Å². The Labute approximate surface area is 118 Å². The van der Waals surface area contributed by atoms with Crippen molar-refractivity contribution in [3.05, 3.63) is 58.9 Å². The van der Waals surface area contributed by atoms with Crippen LogP contribution in [0.15, 0.2) is 36.4 Å². The minimum absolute atomic E-state index is 0.344. The topological polar surface area (TPSA) is 35.8 Å². The number of benzene rings is 2. The van der Waals surface area contributed by atoms with Crippen molar-refractivity contribution in [2.24, 2.45) is 0 Å². The third-order valence-electron chi connectivity index (χ3n) is 3.21. The van der Waals surface area contributed by atoms with E-state index in [0.717, 1.165) is 29.8 Å². The summed E-state index contributed by atoms with van der Waals surface area (Å²) in [5.74, 6) is -0.379. The molecule has 0 radical (unpaired) electrons. The standard InChI is InChI=1S/C17H17FN2/c1-3-20-11-13-4-5-17(12(2)6-13)15-7-14(10-19)8-16(18)9-15/h4-9,20H,3,11H2,1-2H3. The molecule has 0 amide bonds. The molecule has 0 saturated heterocycles. The highest BCUT2D eigenvalue weighted by atomic mass is 19.1. The van der Waals surface area contributed by atoms with Crippen LogP contribution < -0.4 is 5.32 Å². The second-order valence-corrected chi connectivity index (χ2v) is 4.77. The summed E-state index contributed by atoms with van der Waals surface area (Å²) >= 11 is 0. The summed E-state index contributed by atoms with van der Waals surface area (Å²) in [5.41, 5.74) is 4.33. The van der Waals surface area contributed by atoms with Gasteiger partial charge in [0.25, 0.3) is 0 Å². The van der Waals surface area contributed by atoms with E-state index in [1.54, 1.807) is 6.07 Å². The van der Waals surface area contributed by atoms with Crippen molar-refractivity contribution in [1.29, 1.82) is 5.26 Å². The first kappa shape index (κ1) is 14.2. The Morgan fingerprint density at radius 1 is 1.20 bits per heavy atom. The molecule has 1 N–H and O–H groups in total. The first-order valence-electron chi connectivity index (χ1n) is 6.65.